The molecule has 0 amide bonds. The summed E-state index contributed by atoms with van der Waals surface area (Å²) in [5.41, 5.74) is -0.320. The second-order valence-corrected chi connectivity index (χ2v) is 5.64. The molecule has 0 aromatic carbocycles. The summed E-state index contributed by atoms with van der Waals surface area (Å²) in [6, 6.07) is 0. The number of rotatable bonds is 4. The van der Waals surface area contributed by atoms with Crippen molar-refractivity contribution in [3.05, 3.63) is 0 Å². The lowest BCUT2D eigenvalue weighted by atomic mass is 9.64. The monoisotopic (exact) mass is 227 g/mol. The van der Waals surface area contributed by atoms with Crippen LogP contribution in [0.1, 0.15) is 53.4 Å². The Hall–Kier alpha value is -0.570. The van der Waals surface area contributed by atoms with Gasteiger partial charge in [-0.3, -0.25) is 0 Å². The standard InChI is InChI=1S/C13H24O3/c1-5-12(4)9-13(10(2)3,6-7-16-12)8-11(14)15/h10H,5-9H2,1-4H3,(H,14,15)/p-1/t12-,13+/m0/s1. The van der Waals surface area contributed by atoms with Gasteiger partial charge in [0.15, 0.2) is 0 Å². The molecule has 1 aliphatic heterocycles. The highest BCUT2D eigenvalue weighted by molar-refractivity contribution is 5.65. The third kappa shape index (κ3) is 2.76. The Kier molecular flexibility index (Phi) is 4.00. The summed E-state index contributed by atoms with van der Waals surface area (Å²) >= 11 is 0. The molecule has 3 heteroatoms. The normalized spacial score (nSPS) is 35.3. The number of carboxylic acid groups (broad SMARTS) is 1. The van der Waals surface area contributed by atoms with E-state index in [0.29, 0.717) is 12.5 Å². The molecule has 0 unspecified atom stereocenters. The van der Waals surface area contributed by atoms with Crippen molar-refractivity contribution in [1.29, 1.82) is 0 Å². The fourth-order valence-corrected chi connectivity index (χ4v) is 2.75. The van der Waals surface area contributed by atoms with E-state index in [1.807, 2.05) is 0 Å². The van der Waals surface area contributed by atoms with Gasteiger partial charge in [0.25, 0.3) is 0 Å². The fraction of sp³-hybridized carbons (Fsp3) is 0.923. The van der Waals surface area contributed by atoms with Gasteiger partial charge in [0.1, 0.15) is 0 Å². The van der Waals surface area contributed by atoms with Gasteiger partial charge in [-0.2, -0.15) is 0 Å². The molecule has 2 atom stereocenters. The largest absolute Gasteiger partial charge is 0.550 e. The molecule has 0 aromatic heterocycles. The molecule has 1 heterocycles. The van der Waals surface area contributed by atoms with Crippen LogP contribution in [-0.4, -0.2) is 18.2 Å². The van der Waals surface area contributed by atoms with Crippen molar-refractivity contribution in [2.24, 2.45) is 11.3 Å². The fourth-order valence-electron chi connectivity index (χ4n) is 2.75. The number of ether oxygens (including phenoxy) is 1. The van der Waals surface area contributed by atoms with Crippen LogP contribution in [0.5, 0.6) is 0 Å². The molecule has 16 heavy (non-hydrogen) atoms. The average molecular weight is 227 g/mol. The maximum Gasteiger partial charge on any atom is 0.0657 e. The van der Waals surface area contributed by atoms with E-state index in [4.69, 9.17) is 4.74 Å². The minimum absolute atomic E-state index is 0.151. The van der Waals surface area contributed by atoms with Crippen LogP contribution >= 0.6 is 0 Å². The maximum atomic E-state index is 10.9. The molecule has 0 N–H and O–H groups in total. The van der Waals surface area contributed by atoms with E-state index in [1.165, 1.54) is 0 Å². The molecular formula is C13H23O3-. The van der Waals surface area contributed by atoms with Crippen LogP contribution in [-0.2, 0) is 9.53 Å². The van der Waals surface area contributed by atoms with E-state index in [0.717, 1.165) is 19.3 Å². The molecule has 0 saturated carbocycles. The zero-order valence-electron chi connectivity index (χ0n) is 10.8. The highest BCUT2D eigenvalue weighted by Crippen LogP contribution is 2.47. The molecule has 0 aromatic rings. The average Bonchev–Trinajstić information content (AvgIpc) is 2.16. The minimum Gasteiger partial charge on any atom is -0.550 e. The van der Waals surface area contributed by atoms with Gasteiger partial charge in [0.2, 0.25) is 0 Å². The number of hydrogen-bond donors (Lipinski definition) is 0. The summed E-state index contributed by atoms with van der Waals surface area (Å²) in [7, 11) is 0. The first-order chi connectivity index (χ1) is 7.33. The second-order valence-electron chi connectivity index (χ2n) is 5.64. The van der Waals surface area contributed by atoms with Crippen LogP contribution < -0.4 is 5.11 Å². The van der Waals surface area contributed by atoms with Gasteiger partial charge in [-0.1, -0.05) is 20.8 Å². The predicted octanol–water partition coefficient (Wildman–Crippen LogP) is 1.75. The third-order valence-corrected chi connectivity index (χ3v) is 4.25. The van der Waals surface area contributed by atoms with E-state index in [9.17, 15) is 9.90 Å². The summed E-state index contributed by atoms with van der Waals surface area (Å²) in [6.07, 6.45) is 2.73. The first-order valence-corrected chi connectivity index (χ1v) is 6.17. The molecule has 1 fully saturated rings. The Labute approximate surface area is 98.2 Å². The Morgan fingerprint density at radius 3 is 2.56 bits per heavy atom. The smallest absolute Gasteiger partial charge is 0.0657 e. The highest BCUT2D eigenvalue weighted by Gasteiger charge is 2.44. The zero-order chi connectivity index (χ0) is 12.4. The summed E-state index contributed by atoms with van der Waals surface area (Å²) in [5, 5.41) is 10.9. The zero-order valence-corrected chi connectivity index (χ0v) is 10.8. The third-order valence-electron chi connectivity index (χ3n) is 4.25. The number of carboxylic acids is 1. The van der Waals surface area contributed by atoms with Crippen LogP contribution in [0, 0.1) is 11.3 Å². The van der Waals surface area contributed by atoms with Crippen molar-refractivity contribution in [2.45, 2.75) is 59.0 Å². The van der Waals surface area contributed by atoms with Crippen LogP contribution in [0.4, 0.5) is 0 Å². The maximum absolute atomic E-state index is 10.9. The van der Waals surface area contributed by atoms with Gasteiger partial charge < -0.3 is 14.6 Å². The summed E-state index contributed by atoms with van der Waals surface area (Å²) in [5.74, 6) is -0.589. The van der Waals surface area contributed by atoms with Crippen molar-refractivity contribution in [2.75, 3.05) is 6.61 Å². The molecule has 0 spiro atoms. The lowest BCUT2D eigenvalue weighted by Gasteiger charge is -2.49. The second kappa shape index (κ2) is 4.74. The SMILES string of the molecule is CC[C@@]1(C)C[C@@](CC(=O)[O-])(C(C)C)CCO1. The van der Waals surface area contributed by atoms with Crippen LogP contribution in [0.3, 0.4) is 0 Å². The lowest BCUT2D eigenvalue weighted by molar-refractivity contribution is -0.310. The minimum atomic E-state index is -0.936. The van der Waals surface area contributed by atoms with Gasteiger partial charge in [0, 0.05) is 12.6 Å². The van der Waals surface area contributed by atoms with E-state index in [-0.39, 0.29) is 17.4 Å². The van der Waals surface area contributed by atoms with Crippen LogP contribution in [0.25, 0.3) is 0 Å². The first kappa shape index (κ1) is 13.5. The Morgan fingerprint density at radius 1 is 1.50 bits per heavy atom. The predicted molar refractivity (Wildman–Crippen MR) is 60.8 cm³/mol. The molecule has 1 saturated heterocycles. The van der Waals surface area contributed by atoms with Gasteiger partial charge in [-0.25, -0.2) is 0 Å². The number of hydrogen-bond acceptors (Lipinski definition) is 3. The summed E-state index contributed by atoms with van der Waals surface area (Å²) in [4.78, 5) is 10.9. The van der Waals surface area contributed by atoms with Crippen molar-refractivity contribution < 1.29 is 14.6 Å². The topological polar surface area (TPSA) is 49.4 Å². The van der Waals surface area contributed by atoms with Crippen molar-refractivity contribution >= 4 is 5.97 Å². The summed E-state index contributed by atoms with van der Waals surface area (Å²) < 4.78 is 5.79. The number of carbonyl (C=O) groups excluding carboxylic acids is 1. The Balaban J connectivity index is 2.88. The first-order valence-electron chi connectivity index (χ1n) is 6.17. The number of aliphatic carboxylic acids is 1. The Bertz CT molecular complexity index is 262. The van der Waals surface area contributed by atoms with E-state index in [2.05, 4.69) is 27.7 Å². The number of carbonyl (C=O) groups is 1. The van der Waals surface area contributed by atoms with Gasteiger partial charge in [0.05, 0.1) is 5.60 Å². The van der Waals surface area contributed by atoms with E-state index in [1.54, 1.807) is 0 Å². The van der Waals surface area contributed by atoms with Crippen molar-refractivity contribution in [3.63, 3.8) is 0 Å². The van der Waals surface area contributed by atoms with E-state index < -0.39 is 5.97 Å². The molecule has 0 bridgehead atoms. The molecule has 3 nitrogen and oxygen atoms in total. The van der Waals surface area contributed by atoms with Gasteiger partial charge in [-0.05, 0) is 43.9 Å². The van der Waals surface area contributed by atoms with E-state index >= 15 is 0 Å². The Morgan fingerprint density at radius 2 is 2.12 bits per heavy atom. The molecular weight excluding hydrogens is 204 g/mol. The molecule has 1 aliphatic rings. The lowest BCUT2D eigenvalue weighted by Crippen LogP contribution is -2.48. The molecule has 94 valence electrons. The van der Waals surface area contributed by atoms with Crippen molar-refractivity contribution in [1.82, 2.24) is 0 Å². The van der Waals surface area contributed by atoms with Crippen molar-refractivity contribution in [3.8, 4) is 0 Å². The molecule has 0 radical (unpaired) electrons. The highest BCUT2D eigenvalue weighted by atomic mass is 16.5. The quantitative estimate of drug-likeness (QED) is 0.735. The van der Waals surface area contributed by atoms with Crippen LogP contribution in [0.2, 0.25) is 0 Å². The van der Waals surface area contributed by atoms with Gasteiger partial charge >= 0.3 is 0 Å². The van der Waals surface area contributed by atoms with Gasteiger partial charge in [-0.15, -0.1) is 0 Å². The molecule has 0 aliphatic carbocycles. The van der Waals surface area contributed by atoms with Crippen LogP contribution in [0.15, 0.2) is 0 Å². The molecule has 1 rings (SSSR count). The summed E-state index contributed by atoms with van der Waals surface area (Å²) in [6.45, 7) is 9.04.